The number of likely N-dealkylation sites (tertiary alicyclic amines) is 2. The fourth-order valence-corrected chi connectivity index (χ4v) is 4.29. The third kappa shape index (κ3) is 4.60. The van der Waals surface area contributed by atoms with E-state index in [0.717, 1.165) is 50.8 Å². The van der Waals surface area contributed by atoms with Gasteiger partial charge in [-0.3, -0.25) is 9.78 Å². The van der Waals surface area contributed by atoms with E-state index >= 15 is 0 Å². The molecule has 3 rings (SSSR count). The second kappa shape index (κ2) is 8.28. The molecule has 0 aliphatic carbocycles. The molecule has 2 fully saturated rings. The van der Waals surface area contributed by atoms with Crippen molar-refractivity contribution < 1.29 is 9.59 Å². The van der Waals surface area contributed by atoms with Crippen LogP contribution >= 0.6 is 0 Å². The molecule has 2 atom stereocenters. The van der Waals surface area contributed by atoms with Crippen LogP contribution in [0, 0.1) is 5.41 Å². The molecular weight excluding hydrogens is 340 g/mol. The van der Waals surface area contributed by atoms with E-state index < -0.39 is 0 Å². The van der Waals surface area contributed by atoms with E-state index in [1.165, 1.54) is 0 Å². The number of nitrogens with zero attached hydrogens (tertiary/aromatic N) is 3. The van der Waals surface area contributed by atoms with Crippen molar-refractivity contribution in [2.75, 3.05) is 19.6 Å². The molecule has 1 aromatic rings. The summed E-state index contributed by atoms with van der Waals surface area (Å²) in [5, 5.41) is 3.04. The van der Waals surface area contributed by atoms with Gasteiger partial charge in [0.1, 0.15) is 6.04 Å². The summed E-state index contributed by atoms with van der Waals surface area (Å²) in [6, 6.07) is 3.54. The average molecular weight is 373 g/mol. The van der Waals surface area contributed by atoms with Gasteiger partial charge in [0.05, 0.1) is 0 Å². The summed E-state index contributed by atoms with van der Waals surface area (Å²) in [4.78, 5) is 34.0. The molecule has 0 radical (unpaired) electrons. The average Bonchev–Trinajstić information content (AvgIpc) is 3.31. The number of carbonyl (C=O) groups excluding carboxylic acids is 2. The molecule has 3 amide bonds. The number of aromatic nitrogens is 1. The van der Waals surface area contributed by atoms with Crippen molar-refractivity contribution in [2.45, 2.75) is 65.0 Å². The topological polar surface area (TPSA) is 65.5 Å². The Hall–Kier alpha value is -2.11. The summed E-state index contributed by atoms with van der Waals surface area (Å²) < 4.78 is 0. The van der Waals surface area contributed by atoms with Crippen LogP contribution in [0.4, 0.5) is 4.79 Å². The molecule has 1 aromatic heterocycles. The van der Waals surface area contributed by atoms with Gasteiger partial charge in [0.2, 0.25) is 5.91 Å². The summed E-state index contributed by atoms with van der Waals surface area (Å²) >= 11 is 0. The van der Waals surface area contributed by atoms with Crippen molar-refractivity contribution >= 4 is 11.9 Å². The predicted molar refractivity (Wildman–Crippen MR) is 105 cm³/mol. The fraction of sp³-hybridized carbons (Fsp3) is 0.667. The lowest BCUT2D eigenvalue weighted by Gasteiger charge is -2.38. The van der Waals surface area contributed by atoms with Crippen molar-refractivity contribution in [2.24, 2.45) is 5.41 Å². The minimum atomic E-state index is -0.328. The van der Waals surface area contributed by atoms with Crippen LogP contribution in [0.5, 0.6) is 0 Å². The summed E-state index contributed by atoms with van der Waals surface area (Å²) in [5.41, 5.74) is 1.04. The molecule has 2 aliphatic heterocycles. The summed E-state index contributed by atoms with van der Waals surface area (Å²) in [5.74, 6) is 0.127. The highest BCUT2D eigenvalue weighted by Gasteiger charge is 2.46. The fourth-order valence-electron chi connectivity index (χ4n) is 4.29. The second-order valence-electron chi connectivity index (χ2n) is 8.76. The smallest absolute Gasteiger partial charge is 0.318 e. The van der Waals surface area contributed by atoms with E-state index in [9.17, 15) is 9.59 Å². The van der Waals surface area contributed by atoms with E-state index in [1.54, 1.807) is 6.20 Å². The third-order valence-corrected chi connectivity index (χ3v) is 5.73. The Morgan fingerprint density at radius 1 is 1.22 bits per heavy atom. The van der Waals surface area contributed by atoms with Crippen molar-refractivity contribution in [3.8, 4) is 0 Å². The van der Waals surface area contributed by atoms with Crippen LogP contribution in [0.2, 0.25) is 0 Å². The van der Waals surface area contributed by atoms with Crippen molar-refractivity contribution in [3.05, 3.63) is 30.1 Å². The van der Waals surface area contributed by atoms with Crippen LogP contribution in [0.1, 0.15) is 52.0 Å². The molecule has 0 unspecified atom stereocenters. The molecule has 0 spiro atoms. The number of urea groups is 1. The zero-order valence-corrected chi connectivity index (χ0v) is 16.8. The number of amides is 3. The quantitative estimate of drug-likeness (QED) is 0.884. The molecule has 0 saturated carbocycles. The zero-order valence-electron chi connectivity index (χ0n) is 16.8. The molecule has 3 heterocycles. The van der Waals surface area contributed by atoms with Crippen LogP contribution < -0.4 is 5.32 Å². The number of nitrogens with one attached hydrogen (secondary N) is 1. The monoisotopic (exact) mass is 372 g/mol. The maximum absolute atomic E-state index is 13.1. The Balaban J connectivity index is 1.67. The van der Waals surface area contributed by atoms with Gasteiger partial charge in [-0.25, -0.2) is 4.79 Å². The van der Waals surface area contributed by atoms with Crippen molar-refractivity contribution in [3.63, 3.8) is 0 Å². The van der Waals surface area contributed by atoms with E-state index in [-0.39, 0.29) is 29.4 Å². The van der Waals surface area contributed by atoms with E-state index in [2.05, 4.69) is 31.1 Å². The highest BCUT2D eigenvalue weighted by Crippen LogP contribution is 2.37. The molecular formula is C21H32N4O2. The van der Waals surface area contributed by atoms with Gasteiger partial charge in [0.25, 0.3) is 0 Å². The Bertz CT molecular complexity index is 650. The second-order valence-corrected chi connectivity index (χ2v) is 8.76. The number of carbonyl (C=O) groups is 2. The molecule has 2 saturated heterocycles. The molecule has 27 heavy (non-hydrogen) atoms. The van der Waals surface area contributed by atoms with E-state index in [4.69, 9.17) is 0 Å². The highest BCUT2D eigenvalue weighted by molar-refractivity contribution is 5.88. The van der Waals surface area contributed by atoms with Gasteiger partial charge in [-0.1, -0.05) is 26.8 Å². The highest BCUT2D eigenvalue weighted by atomic mass is 16.2. The summed E-state index contributed by atoms with van der Waals surface area (Å²) in [7, 11) is 0. The lowest BCUT2D eigenvalue weighted by atomic mass is 9.85. The maximum atomic E-state index is 13.1. The normalized spacial score (nSPS) is 22.9. The maximum Gasteiger partial charge on any atom is 0.318 e. The number of pyridine rings is 1. The lowest BCUT2D eigenvalue weighted by Crippen LogP contribution is -2.55. The van der Waals surface area contributed by atoms with Crippen LogP contribution in [0.3, 0.4) is 0 Å². The number of rotatable bonds is 4. The first-order chi connectivity index (χ1) is 12.9. The van der Waals surface area contributed by atoms with Gasteiger partial charge in [-0.15, -0.1) is 0 Å². The lowest BCUT2D eigenvalue weighted by molar-refractivity contribution is -0.134. The molecule has 148 valence electrons. The van der Waals surface area contributed by atoms with Crippen LogP contribution in [-0.4, -0.2) is 58.4 Å². The van der Waals surface area contributed by atoms with Crippen LogP contribution in [0.15, 0.2) is 24.5 Å². The van der Waals surface area contributed by atoms with Gasteiger partial charge >= 0.3 is 6.03 Å². The van der Waals surface area contributed by atoms with Gasteiger partial charge in [0.15, 0.2) is 0 Å². The minimum Gasteiger partial charge on any atom is -0.341 e. The Labute approximate surface area is 162 Å². The van der Waals surface area contributed by atoms with E-state index in [1.807, 2.05) is 28.1 Å². The molecule has 1 N–H and O–H groups in total. The number of hydrogen-bond acceptors (Lipinski definition) is 3. The first kappa shape index (κ1) is 19.6. The zero-order chi connectivity index (χ0) is 19.4. The van der Waals surface area contributed by atoms with Gasteiger partial charge < -0.3 is 15.1 Å². The first-order valence-electron chi connectivity index (χ1n) is 10.1. The van der Waals surface area contributed by atoms with Crippen molar-refractivity contribution in [1.29, 1.82) is 0 Å². The number of hydrogen-bond donors (Lipinski definition) is 1. The predicted octanol–water partition coefficient (Wildman–Crippen LogP) is 2.84. The Morgan fingerprint density at radius 2 is 1.96 bits per heavy atom. The summed E-state index contributed by atoms with van der Waals surface area (Å²) in [6.45, 7) is 8.64. The van der Waals surface area contributed by atoms with Crippen LogP contribution in [0.25, 0.3) is 0 Å². The standard InChI is InChI=1S/C21H32N4O2/c1-21(2,3)18-9-8-17(19(26)24-13-4-5-14-24)25(18)20(27)23-12-10-16-7-6-11-22-15-16/h6-7,11,15,17-18H,4-5,8-10,12-14H2,1-3H3,(H,23,27)/t17-,18+/m0/s1. The molecule has 0 aromatic carbocycles. The van der Waals surface area contributed by atoms with Gasteiger partial charge in [-0.2, -0.15) is 0 Å². The Kier molecular flexibility index (Phi) is 6.02. The molecule has 2 aliphatic rings. The van der Waals surface area contributed by atoms with Gasteiger partial charge in [0, 0.05) is 38.1 Å². The van der Waals surface area contributed by atoms with E-state index in [0.29, 0.717) is 6.54 Å². The van der Waals surface area contributed by atoms with Crippen molar-refractivity contribution in [1.82, 2.24) is 20.1 Å². The Morgan fingerprint density at radius 3 is 2.59 bits per heavy atom. The largest absolute Gasteiger partial charge is 0.341 e. The molecule has 6 nitrogen and oxygen atoms in total. The summed E-state index contributed by atoms with van der Waals surface area (Å²) in [6.07, 6.45) is 8.07. The first-order valence-corrected chi connectivity index (χ1v) is 10.1. The molecule has 0 bridgehead atoms. The van der Waals surface area contributed by atoms with Crippen LogP contribution in [-0.2, 0) is 11.2 Å². The van der Waals surface area contributed by atoms with Gasteiger partial charge in [-0.05, 0) is 49.1 Å². The third-order valence-electron chi connectivity index (χ3n) is 5.73. The SMILES string of the molecule is CC(C)(C)[C@H]1CC[C@@H](C(=O)N2CCCC2)N1C(=O)NCCc1cccnc1. The minimum absolute atomic E-state index is 0.0548. The molecule has 6 heteroatoms.